The molecule has 0 N–H and O–H groups in total. The summed E-state index contributed by atoms with van der Waals surface area (Å²) in [6, 6.07) is 85.9. The highest BCUT2D eigenvalue weighted by Crippen LogP contribution is 2.56. The molecule has 0 amide bonds. The molecule has 0 bridgehead atoms. The van der Waals surface area contributed by atoms with E-state index in [0.717, 1.165) is 61.6 Å². The Morgan fingerprint density at radius 2 is 0.696 bits per heavy atom. The molecule has 14 rings (SSSR count). The molecule has 0 spiro atoms. The van der Waals surface area contributed by atoms with Gasteiger partial charge in [0.1, 0.15) is 5.65 Å². The van der Waals surface area contributed by atoms with Gasteiger partial charge in [0, 0.05) is 42.2 Å². The van der Waals surface area contributed by atoms with E-state index in [1.807, 2.05) is 23.5 Å². The maximum absolute atomic E-state index is 5.39. The Balaban J connectivity index is 0.966. The van der Waals surface area contributed by atoms with Crippen molar-refractivity contribution < 1.29 is 0 Å². The molecule has 4 nitrogen and oxygen atoms in total. The first-order valence-electron chi connectivity index (χ1n) is 23.3. The first-order valence-corrected chi connectivity index (χ1v) is 24.9. The first-order chi connectivity index (χ1) is 34.2. The number of nitrogens with zero attached hydrogens (tertiary/aromatic N) is 4. The molecule has 0 saturated heterocycles. The molecule has 12 aromatic rings. The maximum atomic E-state index is 5.39. The molecule has 0 radical (unpaired) electrons. The second kappa shape index (κ2) is 16.2. The Hall–Kier alpha value is -8.29. The Labute approximate surface area is 408 Å². The van der Waals surface area contributed by atoms with E-state index in [1.54, 1.807) is 0 Å². The number of imidazole rings is 1. The average molecular weight is 917 g/mol. The van der Waals surface area contributed by atoms with E-state index >= 15 is 0 Å². The van der Waals surface area contributed by atoms with Crippen LogP contribution in [0.5, 0.6) is 0 Å². The van der Waals surface area contributed by atoms with Crippen LogP contribution in [0, 0.1) is 0 Å². The number of pyridine rings is 1. The summed E-state index contributed by atoms with van der Waals surface area (Å²) in [7, 11) is 0. The van der Waals surface area contributed by atoms with E-state index in [1.165, 1.54) is 64.1 Å². The molecular weight excluding hydrogens is 877 g/mol. The van der Waals surface area contributed by atoms with Gasteiger partial charge in [0.15, 0.2) is 0 Å². The second-order valence-corrected chi connectivity index (χ2v) is 19.8. The fourth-order valence-electron chi connectivity index (χ4n) is 10.2. The predicted molar refractivity (Wildman–Crippen MR) is 290 cm³/mol. The quantitative estimate of drug-likeness (QED) is 0.165. The minimum atomic E-state index is 0.933. The third kappa shape index (κ3) is 6.74. The Kier molecular flexibility index (Phi) is 9.35. The Morgan fingerprint density at radius 3 is 1.13 bits per heavy atom. The molecule has 0 saturated carbocycles. The minimum absolute atomic E-state index is 0.933. The highest BCUT2D eigenvalue weighted by Gasteiger charge is 2.30. The number of anilines is 6. The lowest BCUT2D eigenvalue weighted by atomic mass is 10.0. The lowest BCUT2D eigenvalue weighted by Crippen LogP contribution is -2.16. The van der Waals surface area contributed by atoms with Crippen molar-refractivity contribution in [3.63, 3.8) is 0 Å². The summed E-state index contributed by atoms with van der Waals surface area (Å²) >= 11 is 3.70. The second-order valence-electron chi connectivity index (χ2n) is 17.6. The van der Waals surface area contributed by atoms with Gasteiger partial charge in [-0.3, -0.25) is 4.40 Å². The largest absolute Gasteiger partial charge is 0.308 e. The zero-order chi connectivity index (χ0) is 45.4. The molecule has 6 heteroatoms. The van der Waals surface area contributed by atoms with Crippen molar-refractivity contribution in [1.82, 2.24) is 9.38 Å². The predicted octanol–water partition coefficient (Wildman–Crippen LogP) is 18.2. The third-order valence-electron chi connectivity index (χ3n) is 13.5. The van der Waals surface area contributed by atoms with Crippen LogP contribution in [0.4, 0.5) is 34.1 Å². The van der Waals surface area contributed by atoms with Gasteiger partial charge in [0.25, 0.3) is 0 Å². The van der Waals surface area contributed by atoms with Gasteiger partial charge in [-0.15, -0.1) is 0 Å². The molecular formula is C63H40N4S2. The van der Waals surface area contributed by atoms with Gasteiger partial charge in [-0.05, 0) is 111 Å². The lowest BCUT2D eigenvalue weighted by Gasteiger charge is -2.34. The summed E-state index contributed by atoms with van der Waals surface area (Å²) in [6.07, 6.45) is 2.32. The number of hydrogen-bond donors (Lipinski definition) is 0. The first kappa shape index (κ1) is 39.8. The molecule has 10 aromatic carbocycles. The molecule has 0 unspecified atom stereocenters. The summed E-state index contributed by atoms with van der Waals surface area (Å²) in [5.74, 6) is 0. The van der Waals surface area contributed by atoms with Crippen LogP contribution in [0.1, 0.15) is 0 Å². The van der Waals surface area contributed by atoms with Gasteiger partial charge in [-0.25, -0.2) is 4.98 Å². The Bertz CT molecular complexity index is 3790. The van der Waals surface area contributed by atoms with E-state index in [0.29, 0.717) is 0 Å². The van der Waals surface area contributed by atoms with E-state index in [9.17, 15) is 0 Å². The van der Waals surface area contributed by atoms with Crippen molar-refractivity contribution in [3.8, 4) is 44.5 Å². The number of hydrogen-bond acceptors (Lipinski definition) is 5. The van der Waals surface area contributed by atoms with Crippen LogP contribution in [-0.4, -0.2) is 9.38 Å². The molecule has 2 aliphatic heterocycles. The summed E-state index contributed by atoms with van der Waals surface area (Å²) in [6.45, 7) is 0. The molecule has 2 aliphatic rings. The number of aromatic nitrogens is 2. The van der Waals surface area contributed by atoms with Crippen molar-refractivity contribution >= 4 is 85.1 Å². The third-order valence-corrected chi connectivity index (χ3v) is 15.7. The molecule has 0 aliphatic carbocycles. The van der Waals surface area contributed by atoms with Crippen molar-refractivity contribution in [2.45, 2.75) is 19.6 Å². The van der Waals surface area contributed by atoms with E-state index in [2.05, 4.69) is 257 Å². The van der Waals surface area contributed by atoms with Crippen LogP contribution < -0.4 is 9.80 Å². The fraction of sp³-hybridized carbons (Fsp3) is 0. The number of fused-ring (bicyclic) bond motifs is 9. The molecule has 0 atom stereocenters. The smallest absolute Gasteiger partial charge is 0.145 e. The molecule has 324 valence electrons. The minimum Gasteiger partial charge on any atom is -0.308 e. The van der Waals surface area contributed by atoms with E-state index in [-0.39, 0.29) is 0 Å². The van der Waals surface area contributed by atoms with Gasteiger partial charge >= 0.3 is 0 Å². The maximum Gasteiger partial charge on any atom is 0.145 e. The van der Waals surface area contributed by atoms with Crippen LogP contribution in [-0.2, 0) is 0 Å². The number of rotatable bonds is 6. The van der Waals surface area contributed by atoms with E-state index < -0.39 is 0 Å². The van der Waals surface area contributed by atoms with Crippen LogP contribution >= 0.6 is 23.5 Å². The average Bonchev–Trinajstić information content (AvgIpc) is 3.80. The topological polar surface area (TPSA) is 23.8 Å². The van der Waals surface area contributed by atoms with Crippen LogP contribution in [0.2, 0.25) is 0 Å². The number of benzene rings is 10. The van der Waals surface area contributed by atoms with Crippen LogP contribution in [0.25, 0.3) is 72.0 Å². The summed E-state index contributed by atoms with van der Waals surface area (Å²) in [4.78, 5) is 15.2. The highest BCUT2D eigenvalue weighted by molar-refractivity contribution is 8.00. The van der Waals surface area contributed by atoms with Crippen LogP contribution in [0.3, 0.4) is 0 Å². The fourth-order valence-corrected chi connectivity index (χ4v) is 12.5. The van der Waals surface area contributed by atoms with Gasteiger partial charge < -0.3 is 9.80 Å². The zero-order valence-electron chi connectivity index (χ0n) is 37.2. The molecule has 4 heterocycles. The van der Waals surface area contributed by atoms with Gasteiger partial charge in [0.05, 0.1) is 39.5 Å². The monoisotopic (exact) mass is 916 g/mol. The Morgan fingerprint density at radius 1 is 0.304 bits per heavy atom. The standard InChI is InChI=1S/C63H40N4S2/c1-5-15-41(16-6-1)45-25-31-53-59(35-45)68-60-36-46(42-17-7-2-8-18-42)26-32-54(60)66(53)49-29-30-52-57(39-49)65-40-58(50-23-13-14-24-51(50)63(65)64-52)67-55-33-27-47(43-19-9-3-10-20-43)37-61(55)69-62-38-48(28-34-56(62)67)44-21-11-4-12-22-44/h1-40H. The molecule has 69 heavy (non-hydrogen) atoms. The SMILES string of the molecule is c1ccc(-c2ccc3c(c2)Sc2cc(-c4ccccc4)ccc2N3c2ccc3nc4c5ccccc5c(N5c6ccc(-c7ccccc7)cc6Sc6cc(-c7ccccc7)ccc65)cn4c3c2)cc1. The van der Waals surface area contributed by atoms with Gasteiger partial charge in [-0.1, -0.05) is 193 Å². The normalized spacial score (nSPS) is 12.8. The summed E-state index contributed by atoms with van der Waals surface area (Å²) in [5, 5.41) is 2.24. The van der Waals surface area contributed by atoms with Crippen molar-refractivity contribution in [3.05, 3.63) is 243 Å². The summed E-state index contributed by atoms with van der Waals surface area (Å²) in [5.41, 5.74) is 19.3. The van der Waals surface area contributed by atoms with Gasteiger partial charge in [-0.2, -0.15) is 0 Å². The van der Waals surface area contributed by atoms with Crippen molar-refractivity contribution in [2.75, 3.05) is 9.80 Å². The molecule has 2 aromatic heterocycles. The van der Waals surface area contributed by atoms with Gasteiger partial charge in [0.2, 0.25) is 0 Å². The molecule has 0 fully saturated rings. The lowest BCUT2D eigenvalue weighted by molar-refractivity contribution is 1.14. The van der Waals surface area contributed by atoms with E-state index in [4.69, 9.17) is 4.98 Å². The van der Waals surface area contributed by atoms with Crippen molar-refractivity contribution in [2.24, 2.45) is 0 Å². The van der Waals surface area contributed by atoms with Crippen molar-refractivity contribution in [1.29, 1.82) is 0 Å². The highest BCUT2D eigenvalue weighted by atomic mass is 32.2. The zero-order valence-corrected chi connectivity index (χ0v) is 38.8. The summed E-state index contributed by atoms with van der Waals surface area (Å²) < 4.78 is 2.33. The van der Waals surface area contributed by atoms with Crippen LogP contribution in [0.15, 0.2) is 262 Å².